The minimum atomic E-state index is -4.52. The SMILES string of the molecule is CC(Cc1cccc(C(F)(F)F)c1)C(=O)NC(=N)NC(=O)C(C)Cc1cccc(C(F)(F)F)c1. The molecule has 5 nitrogen and oxygen atoms in total. The summed E-state index contributed by atoms with van der Waals surface area (Å²) in [6, 6.07) is 9.06. The van der Waals surface area contributed by atoms with E-state index in [0.29, 0.717) is 0 Å². The van der Waals surface area contributed by atoms with Gasteiger partial charge in [0.15, 0.2) is 0 Å². The van der Waals surface area contributed by atoms with Gasteiger partial charge >= 0.3 is 12.4 Å². The van der Waals surface area contributed by atoms with Gasteiger partial charge in [0.25, 0.3) is 0 Å². The van der Waals surface area contributed by atoms with Crippen LogP contribution in [-0.2, 0) is 34.8 Å². The van der Waals surface area contributed by atoms with Crippen LogP contribution >= 0.6 is 0 Å². The Hall–Kier alpha value is -3.37. The number of alkyl halides is 6. The van der Waals surface area contributed by atoms with Crippen LogP contribution in [-0.4, -0.2) is 17.8 Å². The summed E-state index contributed by atoms with van der Waals surface area (Å²) in [5, 5.41) is 12.1. The third-order valence-electron chi connectivity index (χ3n) is 4.98. The van der Waals surface area contributed by atoms with E-state index in [-0.39, 0.29) is 24.0 Å². The zero-order valence-corrected chi connectivity index (χ0v) is 18.3. The van der Waals surface area contributed by atoms with Crippen LogP contribution in [0.4, 0.5) is 26.3 Å². The van der Waals surface area contributed by atoms with Gasteiger partial charge in [-0.2, -0.15) is 26.3 Å². The van der Waals surface area contributed by atoms with Crippen LogP contribution in [0.5, 0.6) is 0 Å². The number of rotatable bonds is 6. The highest BCUT2D eigenvalue weighted by molar-refractivity contribution is 6.04. The van der Waals surface area contributed by atoms with Crippen LogP contribution in [0.2, 0.25) is 0 Å². The zero-order valence-electron chi connectivity index (χ0n) is 18.3. The van der Waals surface area contributed by atoms with Crippen molar-refractivity contribution >= 4 is 17.8 Å². The standard InChI is InChI=1S/C23H23F6N3O2/c1-13(9-15-5-3-7-17(11-15)22(24,25)26)19(33)31-21(30)32-20(34)14(2)10-16-6-4-8-18(12-16)23(27,28)29/h3-8,11-14H,9-10H2,1-2H3,(H3,30,31,32,33,34). The van der Waals surface area contributed by atoms with Gasteiger partial charge in [-0.15, -0.1) is 0 Å². The summed E-state index contributed by atoms with van der Waals surface area (Å²) in [7, 11) is 0. The van der Waals surface area contributed by atoms with Gasteiger partial charge in [0.1, 0.15) is 0 Å². The fraction of sp³-hybridized carbons (Fsp3) is 0.348. The highest BCUT2D eigenvalue weighted by atomic mass is 19.4. The molecule has 0 saturated carbocycles. The summed E-state index contributed by atoms with van der Waals surface area (Å²) in [5.41, 5.74) is -1.12. The molecule has 2 aromatic rings. The molecule has 2 rings (SSSR count). The highest BCUT2D eigenvalue weighted by Crippen LogP contribution is 2.31. The minimum Gasteiger partial charge on any atom is -0.296 e. The van der Waals surface area contributed by atoms with E-state index in [1.54, 1.807) is 0 Å². The summed E-state index contributed by atoms with van der Waals surface area (Å²) in [5.74, 6) is -3.62. The molecular weight excluding hydrogens is 464 g/mol. The van der Waals surface area contributed by atoms with E-state index in [1.165, 1.54) is 38.1 Å². The van der Waals surface area contributed by atoms with E-state index in [2.05, 4.69) is 10.6 Å². The second-order valence-electron chi connectivity index (χ2n) is 7.96. The van der Waals surface area contributed by atoms with Crippen LogP contribution in [0, 0.1) is 17.2 Å². The van der Waals surface area contributed by atoms with Crippen LogP contribution in [0.15, 0.2) is 48.5 Å². The lowest BCUT2D eigenvalue weighted by Gasteiger charge is -2.16. The van der Waals surface area contributed by atoms with E-state index >= 15 is 0 Å². The molecular formula is C23H23F6N3O2. The van der Waals surface area contributed by atoms with Crippen molar-refractivity contribution in [2.45, 2.75) is 39.0 Å². The van der Waals surface area contributed by atoms with Crippen molar-refractivity contribution in [3.05, 3.63) is 70.8 Å². The maximum Gasteiger partial charge on any atom is 0.416 e. The largest absolute Gasteiger partial charge is 0.416 e. The third kappa shape index (κ3) is 7.89. The van der Waals surface area contributed by atoms with E-state index in [1.807, 2.05) is 0 Å². The topological polar surface area (TPSA) is 82.1 Å². The van der Waals surface area contributed by atoms with Crippen molar-refractivity contribution in [3.8, 4) is 0 Å². The summed E-state index contributed by atoms with van der Waals surface area (Å²) < 4.78 is 77.0. The number of guanidine groups is 1. The second kappa shape index (κ2) is 10.7. The van der Waals surface area contributed by atoms with Crippen molar-refractivity contribution in [1.82, 2.24) is 10.6 Å². The molecule has 11 heteroatoms. The van der Waals surface area contributed by atoms with Crippen LogP contribution in [0.1, 0.15) is 36.1 Å². The molecule has 0 spiro atoms. The zero-order chi connectivity index (χ0) is 25.7. The number of benzene rings is 2. The van der Waals surface area contributed by atoms with Gasteiger partial charge in [0.05, 0.1) is 11.1 Å². The number of hydrogen-bond donors (Lipinski definition) is 3. The molecule has 0 fully saturated rings. The first-order valence-corrected chi connectivity index (χ1v) is 10.2. The monoisotopic (exact) mass is 487 g/mol. The fourth-order valence-electron chi connectivity index (χ4n) is 3.17. The third-order valence-corrected chi connectivity index (χ3v) is 4.98. The van der Waals surface area contributed by atoms with E-state index in [9.17, 15) is 35.9 Å². The fourth-order valence-corrected chi connectivity index (χ4v) is 3.17. The second-order valence-corrected chi connectivity index (χ2v) is 7.96. The lowest BCUT2D eigenvalue weighted by atomic mass is 9.98. The Morgan fingerprint density at radius 1 is 0.765 bits per heavy atom. The molecule has 0 heterocycles. The molecule has 0 radical (unpaired) electrons. The molecule has 0 aliphatic heterocycles. The van der Waals surface area contributed by atoms with Crippen molar-refractivity contribution < 1.29 is 35.9 Å². The Morgan fingerprint density at radius 3 is 1.44 bits per heavy atom. The van der Waals surface area contributed by atoms with Gasteiger partial charge < -0.3 is 0 Å². The summed E-state index contributed by atoms with van der Waals surface area (Å²) in [6.45, 7) is 2.92. The average Bonchev–Trinajstić information content (AvgIpc) is 2.72. The van der Waals surface area contributed by atoms with Gasteiger partial charge in [-0.25, -0.2) is 0 Å². The molecule has 34 heavy (non-hydrogen) atoms. The first kappa shape index (κ1) is 26.9. The molecule has 2 amide bonds. The molecule has 2 atom stereocenters. The molecule has 184 valence electrons. The van der Waals surface area contributed by atoms with Crippen molar-refractivity contribution in [2.24, 2.45) is 11.8 Å². The molecule has 2 unspecified atom stereocenters. The minimum absolute atomic E-state index is 0.0249. The maximum atomic E-state index is 12.8. The molecule has 0 aliphatic rings. The molecule has 0 aliphatic carbocycles. The molecule has 3 N–H and O–H groups in total. The lowest BCUT2D eigenvalue weighted by Crippen LogP contribution is -2.46. The van der Waals surface area contributed by atoms with Crippen LogP contribution in [0.25, 0.3) is 0 Å². The predicted octanol–water partition coefficient (Wildman–Crippen LogP) is 4.95. The van der Waals surface area contributed by atoms with E-state index in [0.717, 1.165) is 24.3 Å². The smallest absolute Gasteiger partial charge is 0.296 e. The lowest BCUT2D eigenvalue weighted by molar-refractivity contribution is -0.138. The Labute approximate surface area is 192 Å². The summed E-state index contributed by atoms with van der Waals surface area (Å²) in [4.78, 5) is 24.6. The average molecular weight is 487 g/mol. The Balaban J connectivity index is 1.90. The quantitative estimate of drug-likeness (QED) is 0.306. The van der Waals surface area contributed by atoms with E-state index < -0.39 is 53.1 Å². The van der Waals surface area contributed by atoms with Gasteiger partial charge in [-0.3, -0.25) is 25.6 Å². The number of nitrogens with one attached hydrogen (secondary N) is 3. The summed E-state index contributed by atoms with van der Waals surface area (Å²) in [6.07, 6.45) is -9.08. The summed E-state index contributed by atoms with van der Waals surface area (Å²) >= 11 is 0. The maximum absolute atomic E-state index is 12.8. The van der Waals surface area contributed by atoms with Crippen LogP contribution < -0.4 is 10.6 Å². The van der Waals surface area contributed by atoms with Crippen molar-refractivity contribution in [2.75, 3.05) is 0 Å². The number of carbonyl (C=O) groups is 2. The molecule has 0 bridgehead atoms. The normalized spacial score (nSPS) is 13.6. The van der Waals surface area contributed by atoms with Gasteiger partial charge in [0, 0.05) is 11.8 Å². The number of amides is 2. The molecule has 0 aromatic heterocycles. The predicted molar refractivity (Wildman–Crippen MR) is 113 cm³/mol. The van der Waals surface area contributed by atoms with Gasteiger partial charge in [-0.05, 0) is 36.1 Å². The number of carbonyl (C=O) groups excluding carboxylic acids is 2. The first-order valence-electron chi connectivity index (χ1n) is 10.2. The first-order chi connectivity index (χ1) is 15.7. The Kier molecular flexibility index (Phi) is 8.46. The molecule has 0 saturated heterocycles. The van der Waals surface area contributed by atoms with E-state index in [4.69, 9.17) is 5.41 Å². The highest BCUT2D eigenvalue weighted by Gasteiger charge is 2.31. The van der Waals surface area contributed by atoms with Gasteiger partial charge in [-0.1, -0.05) is 50.2 Å². The Bertz CT molecular complexity index is 968. The van der Waals surface area contributed by atoms with Crippen LogP contribution in [0.3, 0.4) is 0 Å². The number of halogens is 6. The molecule has 2 aromatic carbocycles. The van der Waals surface area contributed by atoms with Crippen molar-refractivity contribution in [1.29, 1.82) is 5.41 Å². The van der Waals surface area contributed by atoms with Gasteiger partial charge in [0.2, 0.25) is 17.8 Å². The number of hydrogen-bond acceptors (Lipinski definition) is 3. The Morgan fingerprint density at radius 2 is 1.12 bits per heavy atom. The van der Waals surface area contributed by atoms with Crippen molar-refractivity contribution in [3.63, 3.8) is 0 Å².